The second-order valence-corrected chi connectivity index (χ2v) is 5.55. The van der Waals surface area contributed by atoms with Gasteiger partial charge in [-0.3, -0.25) is 0 Å². The minimum Gasteiger partial charge on any atom is -0.496 e. The molecule has 0 amide bonds. The molecule has 0 spiro atoms. The molecule has 1 aliphatic rings. The third kappa shape index (κ3) is 4.15. The fourth-order valence-electron chi connectivity index (χ4n) is 2.93. The number of piperidine rings is 1. The van der Waals surface area contributed by atoms with Crippen LogP contribution in [0.3, 0.4) is 0 Å². The van der Waals surface area contributed by atoms with Gasteiger partial charge in [0, 0.05) is 31.8 Å². The highest BCUT2D eigenvalue weighted by Crippen LogP contribution is 2.28. The van der Waals surface area contributed by atoms with Crippen molar-refractivity contribution in [1.82, 2.24) is 4.90 Å². The van der Waals surface area contributed by atoms with Crippen LogP contribution >= 0.6 is 0 Å². The molecule has 2 N–H and O–H groups in total. The van der Waals surface area contributed by atoms with E-state index in [1.807, 2.05) is 0 Å². The summed E-state index contributed by atoms with van der Waals surface area (Å²) in [5.74, 6) is 0.228. The van der Waals surface area contributed by atoms with Crippen LogP contribution in [0, 0.1) is 5.82 Å². The lowest BCUT2D eigenvalue weighted by Crippen LogP contribution is -2.40. The van der Waals surface area contributed by atoms with Crippen LogP contribution < -0.4 is 10.5 Å². The van der Waals surface area contributed by atoms with Gasteiger partial charge in [-0.2, -0.15) is 0 Å². The van der Waals surface area contributed by atoms with E-state index in [0.29, 0.717) is 23.8 Å². The van der Waals surface area contributed by atoms with Crippen LogP contribution in [0.15, 0.2) is 18.2 Å². The third-order valence-electron chi connectivity index (χ3n) is 4.16. The molecule has 0 saturated carbocycles. The highest BCUT2D eigenvalue weighted by atomic mass is 19.1. The first-order valence-electron chi connectivity index (χ1n) is 7.48. The molecule has 118 valence electrons. The maximum atomic E-state index is 14.0. The average molecular weight is 296 g/mol. The molecule has 2 atom stereocenters. The lowest BCUT2D eigenvalue weighted by atomic mass is 10.0. The summed E-state index contributed by atoms with van der Waals surface area (Å²) in [5, 5.41) is 0. The lowest BCUT2D eigenvalue weighted by molar-refractivity contribution is 0.0304. The van der Waals surface area contributed by atoms with Crippen LogP contribution in [0.1, 0.15) is 30.9 Å². The van der Waals surface area contributed by atoms with Gasteiger partial charge in [0.25, 0.3) is 0 Å². The number of rotatable bonds is 6. The molecule has 1 aromatic carbocycles. The van der Waals surface area contributed by atoms with Gasteiger partial charge < -0.3 is 20.1 Å². The first kappa shape index (κ1) is 16.2. The number of likely N-dealkylation sites (tertiary alicyclic amines) is 1. The maximum Gasteiger partial charge on any atom is 0.131 e. The zero-order chi connectivity index (χ0) is 15.2. The van der Waals surface area contributed by atoms with Gasteiger partial charge in [-0.25, -0.2) is 4.39 Å². The normalized spacial score (nSPS) is 21.2. The first-order valence-corrected chi connectivity index (χ1v) is 7.48. The SMILES string of the molecule is COc1cccc(F)c1C(N)CCN1CCCC(OC)C1. The predicted octanol–water partition coefficient (Wildman–Crippen LogP) is 2.33. The van der Waals surface area contributed by atoms with E-state index in [2.05, 4.69) is 4.90 Å². The molecule has 0 radical (unpaired) electrons. The van der Waals surface area contributed by atoms with Crippen molar-refractivity contribution in [2.24, 2.45) is 5.73 Å². The molecule has 1 aromatic rings. The van der Waals surface area contributed by atoms with Crippen molar-refractivity contribution < 1.29 is 13.9 Å². The number of ether oxygens (including phenoxy) is 2. The molecule has 1 fully saturated rings. The summed E-state index contributed by atoms with van der Waals surface area (Å²) < 4.78 is 24.6. The molecular weight excluding hydrogens is 271 g/mol. The summed E-state index contributed by atoms with van der Waals surface area (Å²) in [5.41, 5.74) is 6.65. The van der Waals surface area contributed by atoms with Gasteiger partial charge in [0.1, 0.15) is 11.6 Å². The van der Waals surface area contributed by atoms with Crippen molar-refractivity contribution in [2.45, 2.75) is 31.4 Å². The molecular formula is C16H25FN2O2. The number of nitrogens with zero attached hydrogens (tertiary/aromatic N) is 1. The van der Waals surface area contributed by atoms with Crippen molar-refractivity contribution in [2.75, 3.05) is 33.9 Å². The summed E-state index contributed by atoms with van der Waals surface area (Å²) in [6, 6.07) is 4.46. The maximum absolute atomic E-state index is 14.0. The van der Waals surface area contributed by atoms with Crippen LogP contribution in [0.4, 0.5) is 4.39 Å². The minimum absolute atomic E-state index is 0.296. The van der Waals surface area contributed by atoms with Crippen LogP contribution in [-0.2, 0) is 4.74 Å². The van der Waals surface area contributed by atoms with Gasteiger partial charge in [-0.1, -0.05) is 6.07 Å². The molecule has 1 aliphatic heterocycles. The summed E-state index contributed by atoms with van der Waals surface area (Å²) in [4.78, 5) is 2.34. The van der Waals surface area contributed by atoms with Gasteiger partial charge in [0.2, 0.25) is 0 Å². The van der Waals surface area contributed by atoms with E-state index in [1.54, 1.807) is 26.4 Å². The highest BCUT2D eigenvalue weighted by Gasteiger charge is 2.22. The van der Waals surface area contributed by atoms with Crippen molar-refractivity contribution in [3.05, 3.63) is 29.6 Å². The van der Waals surface area contributed by atoms with Crippen LogP contribution in [0.2, 0.25) is 0 Å². The molecule has 0 aliphatic carbocycles. The number of hydrogen-bond donors (Lipinski definition) is 1. The Morgan fingerprint density at radius 2 is 2.24 bits per heavy atom. The van der Waals surface area contributed by atoms with E-state index in [4.69, 9.17) is 15.2 Å². The van der Waals surface area contributed by atoms with Crippen molar-refractivity contribution in [1.29, 1.82) is 0 Å². The lowest BCUT2D eigenvalue weighted by Gasteiger charge is -2.32. The van der Waals surface area contributed by atoms with Crippen LogP contribution in [0.25, 0.3) is 0 Å². The summed E-state index contributed by atoms with van der Waals surface area (Å²) in [6.07, 6.45) is 3.25. The number of methoxy groups -OCH3 is 2. The van der Waals surface area contributed by atoms with Crippen molar-refractivity contribution in [3.8, 4) is 5.75 Å². The second kappa shape index (κ2) is 7.73. The Labute approximate surface area is 126 Å². The number of halogens is 1. The van der Waals surface area contributed by atoms with E-state index < -0.39 is 0 Å². The Hall–Kier alpha value is -1.17. The molecule has 4 nitrogen and oxygen atoms in total. The predicted molar refractivity (Wildman–Crippen MR) is 81.0 cm³/mol. The number of nitrogens with two attached hydrogens (primary N) is 1. The van der Waals surface area contributed by atoms with Gasteiger partial charge in [0.15, 0.2) is 0 Å². The Morgan fingerprint density at radius 3 is 2.95 bits per heavy atom. The van der Waals surface area contributed by atoms with Gasteiger partial charge in [-0.15, -0.1) is 0 Å². The molecule has 5 heteroatoms. The third-order valence-corrected chi connectivity index (χ3v) is 4.16. The zero-order valence-electron chi connectivity index (χ0n) is 12.8. The summed E-state index contributed by atoms with van der Waals surface area (Å²) >= 11 is 0. The smallest absolute Gasteiger partial charge is 0.131 e. The van der Waals surface area contributed by atoms with Gasteiger partial charge >= 0.3 is 0 Å². The fraction of sp³-hybridized carbons (Fsp3) is 0.625. The first-order chi connectivity index (χ1) is 10.2. The van der Waals surface area contributed by atoms with E-state index >= 15 is 0 Å². The monoisotopic (exact) mass is 296 g/mol. The van der Waals surface area contributed by atoms with E-state index in [1.165, 1.54) is 6.07 Å². The second-order valence-electron chi connectivity index (χ2n) is 5.55. The molecule has 0 aromatic heterocycles. The standard InChI is InChI=1S/C16H25FN2O2/c1-20-12-5-4-9-19(11-12)10-8-14(18)16-13(17)6-3-7-15(16)21-2/h3,6-7,12,14H,4-5,8-11,18H2,1-2H3. The molecule has 2 unspecified atom stereocenters. The van der Waals surface area contributed by atoms with E-state index in [0.717, 1.165) is 32.5 Å². The minimum atomic E-state index is -0.357. The molecule has 2 rings (SSSR count). The zero-order valence-corrected chi connectivity index (χ0v) is 12.8. The average Bonchev–Trinajstić information content (AvgIpc) is 2.52. The summed E-state index contributed by atoms with van der Waals surface area (Å²) in [6.45, 7) is 2.83. The Morgan fingerprint density at radius 1 is 1.43 bits per heavy atom. The Bertz CT molecular complexity index is 456. The van der Waals surface area contributed by atoms with E-state index in [9.17, 15) is 4.39 Å². The van der Waals surface area contributed by atoms with Crippen LogP contribution in [0.5, 0.6) is 5.75 Å². The van der Waals surface area contributed by atoms with Crippen molar-refractivity contribution >= 4 is 0 Å². The highest BCUT2D eigenvalue weighted by molar-refractivity contribution is 5.37. The number of benzene rings is 1. The summed E-state index contributed by atoms with van der Waals surface area (Å²) in [7, 11) is 3.29. The Balaban J connectivity index is 1.94. The largest absolute Gasteiger partial charge is 0.496 e. The Kier molecular flexibility index (Phi) is 5.96. The van der Waals surface area contributed by atoms with Crippen molar-refractivity contribution in [3.63, 3.8) is 0 Å². The molecule has 0 bridgehead atoms. The van der Waals surface area contributed by atoms with Crippen LogP contribution in [-0.4, -0.2) is 44.9 Å². The molecule has 1 heterocycles. The number of hydrogen-bond acceptors (Lipinski definition) is 4. The molecule has 21 heavy (non-hydrogen) atoms. The fourth-order valence-corrected chi connectivity index (χ4v) is 2.93. The van der Waals surface area contributed by atoms with E-state index in [-0.39, 0.29) is 11.9 Å². The molecule has 1 saturated heterocycles. The quantitative estimate of drug-likeness (QED) is 0.875. The topological polar surface area (TPSA) is 47.7 Å². The van der Waals surface area contributed by atoms with Gasteiger partial charge in [-0.05, 0) is 37.9 Å². The van der Waals surface area contributed by atoms with Gasteiger partial charge in [0.05, 0.1) is 13.2 Å².